The predicted molar refractivity (Wildman–Crippen MR) is 73.6 cm³/mol. The van der Waals surface area contributed by atoms with E-state index in [0.29, 0.717) is 12.1 Å². The van der Waals surface area contributed by atoms with Gasteiger partial charge in [-0.25, -0.2) is 0 Å². The molecule has 17 heavy (non-hydrogen) atoms. The van der Waals surface area contributed by atoms with E-state index in [4.69, 9.17) is 4.74 Å². The van der Waals surface area contributed by atoms with Gasteiger partial charge in [0, 0.05) is 29.3 Å². The van der Waals surface area contributed by atoms with Crippen LogP contribution in [-0.4, -0.2) is 31.1 Å². The summed E-state index contributed by atoms with van der Waals surface area (Å²) >= 11 is 1.93. The zero-order valence-electron chi connectivity index (χ0n) is 10.4. The van der Waals surface area contributed by atoms with E-state index in [1.54, 1.807) is 0 Å². The molecule has 1 N–H and O–H groups in total. The molecule has 0 aromatic heterocycles. The van der Waals surface area contributed by atoms with Crippen molar-refractivity contribution in [2.24, 2.45) is 0 Å². The molecule has 2 rings (SSSR count). The second-order valence-electron chi connectivity index (χ2n) is 4.46. The first-order valence-corrected chi connectivity index (χ1v) is 7.38. The molecule has 1 aliphatic rings. The zero-order chi connectivity index (χ0) is 11.9. The SMILES string of the molecule is CCC(CSc1ccccc1)NC1CCOC1. The molecular weight excluding hydrogens is 230 g/mol. The van der Waals surface area contributed by atoms with Crippen molar-refractivity contribution >= 4 is 11.8 Å². The molecule has 0 saturated carbocycles. The van der Waals surface area contributed by atoms with E-state index >= 15 is 0 Å². The first kappa shape index (κ1) is 12.9. The second kappa shape index (κ2) is 7.04. The van der Waals surface area contributed by atoms with Gasteiger partial charge in [0.25, 0.3) is 0 Å². The summed E-state index contributed by atoms with van der Waals surface area (Å²) < 4.78 is 5.40. The molecule has 2 unspecified atom stereocenters. The lowest BCUT2D eigenvalue weighted by atomic mass is 10.2. The van der Waals surface area contributed by atoms with E-state index in [0.717, 1.165) is 25.4 Å². The minimum atomic E-state index is 0.566. The fraction of sp³-hybridized carbons (Fsp3) is 0.571. The molecule has 1 fully saturated rings. The van der Waals surface area contributed by atoms with Gasteiger partial charge in [0.05, 0.1) is 6.61 Å². The minimum Gasteiger partial charge on any atom is -0.380 e. The fourth-order valence-electron chi connectivity index (χ4n) is 2.00. The molecule has 3 heteroatoms. The van der Waals surface area contributed by atoms with Crippen LogP contribution in [0, 0.1) is 0 Å². The highest BCUT2D eigenvalue weighted by atomic mass is 32.2. The van der Waals surface area contributed by atoms with Gasteiger partial charge in [-0.3, -0.25) is 0 Å². The highest BCUT2D eigenvalue weighted by Gasteiger charge is 2.18. The average Bonchev–Trinajstić information content (AvgIpc) is 2.88. The Balaban J connectivity index is 1.75. The van der Waals surface area contributed by atoms with E-state index in [1.807, 2.05) is 11.8 Å². The Morgan fingerprint density at radius 2 is 2.24 bits per heavy atom. The fourth-order valence-corrected chi connectivity index (χ4v) is 3.07. The quantitative estimate of drug-likeness (QED) is 0.786. The number of hydrogen-bond acceptors (Lipinski definition) is 3. The Hall–Kier alpha value is -0.510. The van der Waals surface area contributed by atoms with Gasteiger partial charge in [-0.05, 0) is 25.0 Å². The Morgan fingerprint density at radius 1 is 1.41 bits per heavy atom. The number of ether oxygens (including phenoxy) is 1. The number of rotatable bonds is 6. The van der Waals surface area contributed by atoms with E-state index in [-0.39, 0.29) is 0 Å². The maximum absolute atomic E-state index is 5.40. The van der Waals surface area contributed by atoms with Crippen molar-refractivity contribution in [2.75, 3.05) is 19.0 Å². The summed E-state index contributed by atoms with van der Waals surface area (Å²) in [5, 5.41) is 3.69. The number of nitrogens with one attached hydrogen (secondary N) is 1. The molecule has 1 saturated heterocycles. The summed E-state index contributed by atoms with van der Waals surface area (Å²) in [6.45, 7) is 4.05. The molecule has 94 valence electrons. The summed E-state index contributed by atoms with van der Waals surface area (Å²) in [4.78, 5) is 1.36. The third-order valence-corrected chi connectivity index (χ3v) is 4.26. The standard InChI is InChI=1S/C14H21NOS/c1-2-12(15-13-8-9-16-10-13)11-17-14-6-4-3-5-7-14/h3-7,12-13,15H,2,8-11H2,1H3. The van der Waals surface area contributed by atoms with Crippen LogP contribution in [0.2, 0.25) is 0 Å². The molecule has 2 nitrogen and oxygen atoms in total. The first-order chi connectivity index (χ1) is 8.38. The van der Waals surface area contributed by atoms with Gasteiger partial charge >= 0.3 is 0 Å². The Bertz CT molecular complexity index is 311. The number of hydrogen-bond donors (Lipinski definition) is 1. The average molecular weight is 251 g/mol. The van der Waals surface area contributed by atoms with Crippen molar-refractivity contribution in [3.05, 3.63) is 30.3 Å². The summed E-state index contributed by atoms with van der Waals surface area (Å²) in [6.07, 6.45) is 2.34. The summed E-state index contributed by atoms with van der Waals surface area (Å²) in [5.74, 6) is 1.14. The maximum atomic E-state index is 5.40. The summed E-state index contributed by atoms with van der Waals surface area (Å²) in [6, 6.07) is 11.8. The molecule has 1 aliphatic heterocycles. The molecule has 0 spiro atoms. The Kier molecular flexibility index (Phi) is 5.36. The molecule has 1 heterocycles. The maximum Gasteiger partial charge on any atom is 0.0620 e. The second-order valence-corrected chi connectivity index (χ2v) is 5.55. The van der Waals surface area contributed by atoms with Gasteiger partial charge in [0.1, 0.15) is 0 Å². The Labute approximate surface area is 108 Å². The Morgan fingerprint density at radius 3 is 2.88 bits per heavy atom. The molecule has 1 aromatic rings. The molecule has 2 atom stereocenters. The molecule has 1 aromatic carbocycles. The highest BCUT2D eigenvalue weighted by molar-refractivity contribution is 7.99. The zero-order valence-corrected chi connectivity index (χ0v) is 11.2. The molecular formula is C14H21NOS. The minimum absolute atomic E-state index is 0.566. The van der Waals surface area contributed by atoms with Crippen molar-refractivity contribution in [3.63, 3.8) is 0 Å². The first-order valence-electron chi connectivity index (χ1n) is 6.40. The van der Waals surface area contributed by atoms with Crippen molar-refractivity contribution in [3.8, 4) is 0 Å². The van der Waals surface area contributed by atoms with Crippen LogP contribution in [0.1, 0.15) is 19.8 Å². The van der Waals surface area contributed by atoms with Crippen molar-refractivity contribution < 1.29 is 4.74 Å². The van der Waals surface area contributed by atoms with Crippen LogP contribution in [0.4, 0.5) is 0 Å². The molecule has 0 radical (unpaired) electrons. The summed E-state index contributed by atoms with van der Waals surface area (Å²) in [5.41, 5.74) is 0. The van der Waals surface area contributed by atoms with Crippen LogP contribution in [0.25, 0.3) is 0 Å². The number of benzene rings is 1. The smallest absolute Gasteiger partial charge is 0.0620 e. The van der Waals surface area contributed by atoms with E-state index in [1.165, 1.54) is 11.3 Å². The van der Waals surface area contributed by atoms with Gasteiger partial charge < -0.3 is 10.1 Å². The van der Waals surface area contributed by atoms with Crippen LogP contribution in [-0.2, 0) is 4.74 Å². The van der Waals surface area contributed by atoms with Gasteiger partial charge in [0.2, 0.25) is 0 Å². The van der Waals surface area contributed by atoms with Gasteiger partial charge in [-0.1, -0.05) is 25.1 Å². The van der Waals surface area contributed by atoms with Crippen LogP contribution in [0.15, 0.2) is 35.2 Å². The van der Waals surface area contributed by atoms with E-state index in [2.05, 4.69) is 42.6 Å². The predicted octanol–water partition coefficient (Wildman–Crippen LogP) is 2.94. The van der Waals surface area contributed by atoms with Gasteiger partial charge in [-0.15, -0.1) is 11.8 Å². The van der Waals surface area contributed by atoms with Crippen LogP contribution in [0.3, 0.4) is 0 Å². The lowest BCUT2D eigenvalue weighted by Gasteiger charge is -2.20. The van der Waals surface area contributed by atoms with Gasteiger partial charge in [0.15, 0.2) is 0 Å². The van der Waals surface area contributed by atoms with Gasteiger partial charge in [-0.2, -0.15) is 0 Å². The summed E-state index contributed by atoms with van der Waals surface area (Å²) in [7, 11) is 0. The lowest BCUT2D eigenvalue weighted by Crippen LogP contribution is -2.39. The number of thioether (sulfide) groups is 1. The monoisotopic (exact) mass is 251 g/mol. The van der Waals surface area contributed by atoms with Crippen molar-refractivity contribution in [2.45, 2.75) is 36.7 Å². The normalized spacial score (nSPS) is 21.6. The molecule has 0 bridgehead atoms. The van der Waals surface area contributed by atoms with E-state index < -0.39 is 0 Å². The van der Waals surface area contributed by atoms with Crippen LogP contribution >= 0.6 is 11.8 Å². The largest absolute Gasteiger partial charge is 0.380 e. The van der Waals surface area contributed by atoms with Crippen molar-refractivity contribution in [1.29, 1.82) is 0 Å². The third kappa shape index (κ3) is 4.34. The van der Waals surface area contributed by atoms with E-state index in [9.17, 15) is 0 Å². The highest BCUT2D eigenvalue weighted by Crippen LogP contribution is 2.19. The van der Waals surface area contributed by atoms with Crippen LogP contribution in [0.5, 0.6) is 0 Å². The third-order valence-electron chi connectivity index (χ3n) is 3.09. The molecule has 0 amide bonds. The van der Waals surface area contributed by atoms with Crippen molar-refractivity contribution in [1.82, 2.24) is 5.32 Å². The molecule has 0 aliphatic carbocycles. The topological polar surface area (TPSA) is 21.3 Å². The lowest BCUT2D eigenvalue weighted by molar-refractivity contribution is 0.188. The van der Waals surface area contributed by atoms with Crippen LogP contribution < -0.4 is 5.32 Å².